The minimum Gasteiger partial charge on any atom is -0.406 e. The largest absolute Gasteiger partial charge is 0.573 e. The SMILES string of the molecule is C[C@H](N)Cn1cc(CNc2ccnc3cc(OC(F)(F)F)ccc23)nn1. The third-order valence-electron chi connectivity index (χ3n) is 3.47. The molecule has 3 rings (SSSR count). The molecule has 1 atom stereocenters. The molecule has 3 N–H and O–H groups in total. The van der Waals surface area contributed by atoms with Crippen LogP contribution in [0.1, 0.15) is 12.6 Å². The molecule has 10 heteroatoms. The number of rotatable bonds is 6. The van der Waals surface area contributed by atoms with Gasteiger partial charge in [-0.3, -0.25) is 9.67 Å². The van der Waals surface area contributed by atoms with Crippen molar-refractivity contribution in [1.29, 1.82) is 0 Å². The number of nitrogens with two attached hydrogens (primary N) is 1. The Morgan fingerprint density at radius 3 is 2.85 bits per heavy atom. The lowest BCUT2D eigenvalue weighted by Gasteiger charge is -2.11. The molecule has 0 fully saturated rings. The summed E-state index contributed by atoms with van der Waals surface area (Å²) in [5.74, 6) is -0.312. The fourth-order valence-corrected chi connectivity index (χ4v) is 2.47. The van der Waals surface area contributed by atoms with Crippen molar-refractivity contribution >= 4 is 16.6 Å². The summed E-state index contributed by atoms with van der Waals surface area (Å²) in [4.78, 5) is 4.09. The summed E-state index contributed by atoms with van der Waals surface area (Å²) in [7, 11) is 0. The summed E-state index contributed by atoms with van der Waals surface area (Å²) in [6.45, 7) is 2.84. The van der Waals surface area contributed by atoms with E-state index < -0.39 is 6.36 Å². The van der Waals surface area contributed by atoms with Gasteiger partial charge >= 0.3 is 6.36 Å². The van der Waals surface area contributed by atoms with Crippen LogP contribution < -0.4 is 15.8 Å². The molecule has 0 aliphatic carbocycles. The zero-order chi connectivity index (χ0) is 18.7. The Morgan fingerprint density at radius 2 is 2.12 bits per heavy atom. The summed E-state index contributed by atoms with van der Waals surface area (Å²) in [5.41, 5.74) is 7.54. The molecule has 0 saturated heterocycles. The van der Waals surface area contributed by atoms with Gasteiger partial charge in [-0.05, 0) is 25.1 Å². The van der Waals surface area contributed by atoms with E-state index in [2.05, 4.69) is 25.3 Å². The highest BCUT2D eigenvalue weighted by Crippen LogP contribution is 2.29. The molecule has 0 unspecified atom stereocenters. The number of halogens is 3. The van der Waals surface area contributed by atoms with Gasteiger partial charge in [0.1, 0.15) is 11.4 Å². The normalized spacial score (nSPS) is 13.0. The molecule has 2 heterocycles. The van der Waals surface area contributed by atoms with E-state index in [4.69, 9.17) is 5.73 Å². The molecule has 7 nitrogen and oxygen atoms in total. The number of nitrogens with zero attached hydrogens (tertiary/aromatic N) is 4. The van der Waals surface area contributed by atoms with E-state index in [1.165, 1.54) is 24.4 Å². The second-order valence-corrected chi connectivity index (χ2v) is 5.85. The molecule has 0 amide bonds. The maximum absolute atomic E-state index is 12.3. The highest BCUT2D eigenvalue weighted by molar-refractivity contribution is 5.91. The number of anilines is 1. The lowest BCUT2D eigenvalue weighted by atomic mass is 10.2. The predicted octanol–water partition coefficient (Wildman–Crippen LogP) is 2.68. The number of nitrogens with one attached hydrogen (secondary N) is 1. The van der Waals surface area contributed by atoms with Crippen LogP contribution in [0.4, 0.5) is 18.9 Å². The second kappa shape index (κ2) is 7.16. The van der Waals surface area contributed by atoms with Gasteiger partial charge in [-0.2, -0.15) is 0 Å². The highest BCUT2D eigenvalue weighted by Gasteiger charge is 2.31. The Labute approximate surface area is 147 Å². The van der Waals surface area contributed by atoms with Gasteiger partial charge < -0.3 is 15.8 Å². The molecule has 0 aliphatic heterocycles. The zero-order valence-electron chi connectivity index (χ0n) is 13.9. The first-order chi connectivity index (χ1) is 12.3. The van der Waals surface area contributed by atoms with Crippen molar-refractivity contribution in [3.8, 4) is 5.75 Å². The first kappa shape index (κ1) is 17.9. The van der Waals surface area contributed by atoms with Crippen LogP contribution in [-0.4, -0.2) is 32.4 Å². The van der Waals surface area contributed by atoms with Gasteiger partial charge in [0.05, 0.1) is 24.8 Å². The number of benzene rings is 1. The number of pyridine rings is 1. The number of hydrogen-bond donors (Lipinski definition) is 2. The van der Waals surface area contributed by atoms with Crippen molar-refractivity contribution in [1.82, 2.24) is 20.0 Å². The number of alkyl halides is 3. The lowest BCUT2D eigenvalue weighted by molar-refractivity contribution is -0.274. The van der Waals surface area contributed by atoms with Crippen molar-refractivity contribution in [2.75, 3.05) is 5.32 Å². The smallest absolute Gasteiger partial charge is 0.406 e. The summed E-state index contributed by atoms with van der Waals surface area (Å²) in [5, 5.41) is 11.9. The quantitative estimate of drug-likeness (QED) is 0.697. The molecule has 3 aromatic rings. The summed E-state index contributed by atoms with van der Waals surface area (Å²) in [6, 6.07) is 5.72. The predicted molar refractivity (Wildman–Crippen MR) is 89.4 cm³/mol. The van der Waals surface area contributed by atoms with Gasteiger partial charge in [0.25, 0.3) is 0 Å². The van der Waals surface area contributed by atoms with Crippen molar-refractivity contribution in [3.05, 3.63) is 42.4 Å². The van der Waals surface area contributed by atoms with Crippen molar-refractivity contribution in [2.45, 2.75) is 32.4 Å². The molecule has 0 bridgehead atoms. The molecule has 2 aromatic heterocycles. The van der Waals surface area contributed by atoms with E-state index in [1.54, 1.807) is 16.9 Å². The van der Waals surface area contributed by atoms with E-state index in [9.17, 15) is 13.2 Å². The Hall–Kier alpha value is -2.88. The highest BCUT2D eigenvalue weighted by atomic mass is 19.4. The Morgan fingerprint density at radius 1 is 1.31 bits per heavy atom. The van der Waals surface area contributed by atoms with Gasteiger partial charge in [0.15, 0.2) is 0 Å². The van der Waals surface area contributed by atoms with Crippen LogP contribution in [0, 0.1) is 0 Å². The van der Waals surface area contributed by atoms with Gasteiger partial charge in [0, 0.05) is 29.4 Å². The van der Waals surface area contributed by atoms with E-state index in [1.807, 2.05) is 6.92 Å². The van der Waals surface area contributed by atoms with Gasteiger partial charge in [-0.25, -0.2) is 0 Å². The van der Waals surface area contributed by atoms with Crippen LogP contribution >= 0.6 is 0 Å². The average Bonchev–Trinajstić information content (AvgIpc) is 2.97. The molecule has 0 aliphatic rings. The minimum atomic E-state index is -4.74. The van der Waals surface area contributed by atoms with E-state index >= 15 is 0 Å². The van der Waals surface area contributed by atoms with Crippen molar-refractivity contribution in [2.24, 2.45) is 5.73 Å². The molecule has 0 spiro atoms. The van der Waals surface area contributed by atoms with Gasteiger partial charge in [-0.1, -0.05) is 5.21 Å². The molecule has 0 radical (unpaired) electrons. The molecular weight excluding hydrogens is 349 g/mol. The maximum atomic E-state index is 12.3. The summed E-state index contributed by atoms with van der Waals surface area (Å²) in [6.07, 6.45) is -1.44. The van der Waals surface area contributed by atoms with Gasteiger partial charge in [0.2, 0.25) is 0 Å². The molecular formula is C16H17F3N6O. The first-order valence-corrected chi connectivity index (χ1v) is 7.83. The molecule has 26 heavy (non-hydrogen) atoms. The topological polar surface area (TPSA) is 90.9 Å². The average molecular weight is 366 g/mol. The van der Waals surface area contributed by atoms with Crippen LogP contribution in [0.5, 0.6) is 5.75 Å². The third-order valence-corrected chi connectivity index (χ3v) is 3.47. The first-order valence-electron chi connectivity index (χ1n) is 7.83. The van der Waals surface area contributed by atoms with Crippen LogP contribution in [0.25, 0.3) is 10.9 Å². The monoisotopic (exact) mass is 366 g/mol. The second-order valence-electron chi connectivity index (χ2n) is 5.85. The molecule has 1 aromatic carbocycles. The maximum Gasteiger partial charge on any atom is 0.573 e. The van der Waals surface area contributed by atoms with Crippen molar-refractivity contribution in [3.63, 3.8) is 0 Å². The number of ether oxygens (including phenoxy) is 1. The van der Waals surface area contributed by atoms with Crippen molar-refractivity contribution < 1.29 is 17.9 Å². The van der Waals surface area contributed by atoms with Crippen LogP contribution in [0.2, 0.25) is 0 Å². The van der Waals surface area contributed by atoms with Crippen LogP contribution in [-0.2, 0) is 13.1 Å². The van der Waals surface area contributed by atoms with E-state index in [0.29, 0.717) is 29.7 Å². The summed E-state index contributed by atoms with van der Waals surface area (Å²) >= 11 is 0. The minimum absolute atomic E-state index is 0.0326. The van der Waals surface area contributed by atoms with Gasteiger partial charge in [-0.15, -0.1) is 18.3 Å². The fraction of sp³-hybridized carbons (Fsp3) is 0.312. The van der Waals surface area contributed by atoms with Crippen LogP contribution in [0.3, 0.4) is 0 Å². The van der Waals surface area contributed by atoms with E-state index in [-0.39, 0.29) is 11.8 Å². The Balaban J connectivity index is 1.74. The number of aromatic nitrogens is 4. The molecule has 138 valence electrons. The van der Waals surface area contributed by atoms with E-state index in [0.717, 1.165) is 5.69 Å². The zero-order valence-corrected chi connectivity index (χ0v) is 13.9. The number of hydrogen-bond acceptors (Lipinski definition) is 6. The number of fused-ring (bicyclic) bond motifs is 1. The Kier molecular flexibility index (Phi) is 4.94. The Bertz CT molecular complexity index is 893. The third kappa shape index (κ3) is 4.60. The molecule has 0 saturated carbocycles. The van der Waals surface area contributed by atoms with Crippen LogP contribution in [0.15, 0.2) is 36.7 Å². The summed E-state index contributed by atoms with van der Waals surface area (Å²) < 4.78 is 42.6. The fourth-order valence-electron chi connectivity index (χ4n) is 2.47. The standard InChI is InChI=1S/C16H17F3N6O/c1-10(20)8-25-9-11(23-24-25)7-22-14-4-5-21-15-6-12(2-3-13(14)15)26-16(17,18)19/h2-6,9-10H,7-8,20H2,1H3,(H,21,22)/t10-/m0/s1. The lowest BCUT2D eigenvalue weighted by Crippen LogP contribution is -2.22.